The van der Waals surface area contributed by atoms with Crippen LogP contribution in [0.4, 0.5) is 11.4 Å². The molecule has 0 bridgehead atoms. The van der Waals surface area contributed by atoms with E-state index in [1.807, 2.05) is 0 Å². The Morgan fingerprint density at radius 3 is 2.34 bits per heavy atom. The zero-order valence-corrected chi connectivity index (χ0v) is 16.1. The number of hydrogen-bond acceptors (Lipinski definition) is 5. The second kappa shape index (κ2) is 8.61. The molecule has 0 aliphatic rings. The fourth-order valence-corrected chi connectivity index (χ4v) is 3.04. The highest BCUT2D eigenvalue weighted by Crippen LogP contribution is 2.35. The summed E-state index contributed by atoms with van der Waals surface area (Å²) >= 11 is 12.3. The van der Waals surface area contributed by atoms with E-state index in [1.165, 1.54) is 30.3 Å². The lowest BCUT2D eigenvalue weighted by atomic mass is 10.2. The molecule has 0 fully saturated rings. The van der Waals surface area contributed by atoms with Crippen LogP contribution >= 0.6 is 23.2 Å². The van der Waals surface area contributed by atoms with Gasteiger partial charge in [-0.3, -0.25) is 14.9 Å². The van der Waals surface area contributed by atoms with Crippen molar-refractivity contribution in [3.05, 3.63) is 86.1 Å². The molecule has 1 heterocycles. The first kappa shape index (κ1) is 20.1. The Kier molecular flexibility index (Phi) is 5.98. The number of nitriles is 1. The summed E-state index contributed by atoms with van der Waals surface area (Å²) in [6.07, 6.45) is 1.27. The van der Waals surface area contributed by atoms with Crippen LogP contribution in [-0.4, -0.2) is 10.8 Å². The molecule has 0 spiro atoms. The van der Waals surface area contributed by atoms with Crippen molar-refractivity contribution in [2.45, 2.75) is 0 Å². The number of nitrogens with one attached hydrogen (secondary N) is 1. The number of nitrogens with zero attached hydrogens (tertiary/aromatic N) is 2. The van der Waals surface area contributed by atoms with E-state index in [0.717, 1.165) is 0 Å². The molecular formula is C20H11Cl2N3O4. The summed E-state index contributed by atoms with van der Waals surface area (Å²) in [5.74, 6) is -0.0404. The van der Waals surface area contributed by atoms with E-state index in [1.54, 1.807) is 36.4 Å². The molecule has 2 aromatic carbocycles. The van der Waals surface area contributed by atoms with Crippen molar-refractivity contribution < 1.29 is 14.1 Å². The minimum atomic E-state index is -0.685. The van der Waals surface area contributed by atoms with Crippen LogP contribution in [0.25, 0.3) is 17.4 Å². The molecule has 144 valence electrons. The van der Waals surface area contributed by atoms with Crippen LogP contribution in [0.2, 0.25) is 10.0 Å². The number of non-ortho nitro benzene ring substituents is 1. The summed E-state index contributed by atoms with van der Waals surface area (Å²) < 4.78 is 5.65. The first-order chi connectivity index (χ1) is 13.9. The van der Waals surface area contributed by atoms with Gasteiger partial charge in [0.2, 0.25) is 0 Å². The smallest absolute Gasteiger partial charge is 0.269 e. The van der Waals surface area contributed by atoms with Crippen molar-refractivity contribution >= 4 is 46.6 Å². The van der Waals surface area contributed by atoms with Gasteiger partial charge < -0.3 is 9.73 Å². The van der Waals surface area contributed by atoms with E-state index in [9.17, 15) is 20.2 Å². The molecule has 1 amide bonds. The van der Waals surface area contributed by atoms with Gasteiger partial charge >= 0.3 is 0 Å². The largest absolute Gasteiger partial charge is 0.457 e. The highest BCUT2D eigenvalue weighted by Gasteiger charge is 2.15. The average Bonchev–Trinajstić information content (AvgIpc) is 3.14. The minimum Gasteiger partial charge on any atom is -0.457 e. The third-order valence-corrected chi connectivity index (χ3v) is 4.45. The van der Waals surface area contributed by atoms with E-state index in [-0.39, 0.29) is 17.0 Å². The molecule has 3 rings (SSSR count). The van der Waals surface area contributed by atoms with Gasteiger partial charge in [0, 0.05) is 23.9 Å². The van der Waals surface area contributed by atoms with Crippen LogP contribution in [0.1, 0.15) is 5.76 Å². The Hall–Kier alpha value is -3.60. The Balaban J connectivity index is 1.81. The number of anilines is 1. The summed E-state index contributed by atoms with van der Waals surface area (Å²) in [6.45, 7) is 0. The highest BCUT2D eigenvalue weighted by atomic mass is 35.5. The van der Waals surface area contributed by atoms with Gasteiger partial charge in [0.15, 0.2) is 0 Å². The Labute approximate surface area is 174 Å². The fourth-order valence-electron chi connectivity index (χ4n) is 2.45. The van der Waals surface area contributed by atoms with Crippen molar-refractivity contribution in [3.8, 4) is 17.4 Å². The second-order valence-electron chi connectivity index (χ2n) is 5.73. The van der Waals surface area contributed by atoms with Gasteiger partial charge in [-0.15, -0.1) is 0 Å². The zero-order valence-electron chi connectivity index (χ0n) is 14.6. The summed E-state index contributed by atoms with van der Waals surface area (Å²) in [5.41, 5.74) is 0.490. The topological polar surface area (TPSA) is 109 Å². The molecule has 1 N–H and O–H groups in total. The first-order valence-corrected chi connectivity index (χ1v) is 8.86. The zero-order chi connectivity index (χ0) is 21.0. The molecule has 0 saturated heterocycles. The lowest BCUT2D eigenvalue weighted by Crippen LogP contribution is -2.13. The van der Waals surface area contributed by atoms with Gasteiger partial charge in [-0.2, -0.15) is 5.26 Å². The predicted molar refractivity (Wildman–Crippen MR) is 109 cm³/mol. The molecule has 0 aliphatic carbocycles. The number of nitro benzene ring substituents is 1. The van der Waals surface area contributed by atoms with E-state index < -0.39 is 10.8 Å². The van der Waals surface area contributed by atoms with Crippen LogP contribution in [0.5, 0.6) is 0 Å². The van der Waals surface area contributed by atoms with Gasteiger partial charge in [0.05, 0.1) is 20.5 Å². The maximum Gasteiger partial charge on any atom is 0.269 e. The molecule has 0 radical (unpaired) electrons. The summed E-state index contributed by atoms with van der Waals surface area (Å²) in [7, 11) is 0. The molecule has 3 aromatic rings. The van der Waals surface area contributed by atoms with E-state index in [4.69, 9.17) is 27.6 Å². The van der Waals surface area contributed by atoms with Crippen LogP contribution in [-0.2, 0) is 4.79 Å². The number of hydrogen-bond donors (Lipinski definition) is 1. The molecule has 0 atom stereocenters. The van der Waals surface area contributed by atoms with Crippen LogP contribution < -0.4 is 5.32 Å². The molecule has 0 saturated carbocycles. The molecule has 9 heteroatoms. The molecule has 0 unspecified atom stereocenters. The number of furan rings is 1. The van der Waals surface area contributed by atoms with Gasteiger partial charge in [-0.1, -0.05) is 29.3 Å². The average molecular weight is 428 g/mol. The molecule has 29 heavy (non-hydrogen) atoms. The van der Waals surface area contributed by atoms with Crippen molar-refractivity contribution in [1.29, 1.82) is 5.26 Å². The summed E-state index contributed by atoms with van der Waals surface area (Å²) in [6, 6.07) is 15.3. The Morgan fingerprint density at radius 2 is 1.76 bits per heavy atom. The molecule has 7 nitrogen and oxygen atoms in total. The van der Waals surface area contributed by atoms with Crippen LogP contribution in [0.15, 0.2) is 64.6 Å². The number of nitro groups is 1. The highest BCUT2D eigenvalue weighted by molar-refractivity contribution is 6.39. The number of carbonyl (C=O) groups excluding carboxylic acids is 1. The van der Waals surface area contributed by atoms with E-state index in [0.29, 0.717) is 27.1 Å². The summed E-state index contributed by atoms with van der Waals surface area (Å²) in [4.78, 5) is 22.5. The van der Waals surface area contributed by atoms with Crippen molar-refractivity contribution in [2.24, 2.45) is 0 Å². The monoisotopic (exact) mass is 427 g/mol. The van der Waals surface area contributed by atoms with Gasteiger partial charge in [-0.05, 0) is 36.4 Å². The standard InChI is InChI=1S/C20H11Cl2N3O4/c21-16-2-1-3-17(22)19(16)18-9-8-15(29-18)10-12(11-23)20(26)24-13-4-6-14(7-5-13)25(27)28/h1-10H,(H,24,26). The minimum absolute atomic E-state index is 0.111. The molecule has 1 aromatic heterocycles. The molecule has 0 aliphatic heterocycles. The van der Waals surface area contributed by atoms with Crippen molar-refractivity contribution in [3.63, 3.8) is 0 Å². The van der Waals surface area contributed by atoms with Crippen molar-refractivity contribution in [2.75, 3.05) is 5.32 Å². The summed E-state index contributed by atoms with van der Waals surface area (Å²) in [5, 5.41) is 23.3. The van der Waals surface area contributed by atoms with Crippen molar-refractivity contribution in [1.82, 2.24) is 0 Å². The Morgan fingerprint density at radius 1 is 1.10 bits per heavy atom. The number of halogens is 2. The van der Waals surface area contributed by atoms with E-state index >= 15 is 0 Å². The number of benzene rings is 2. The number of amides is 1. The third kappa shape index (κ3) is 4.63. The normalized spacial score (nSPS) is 11.0. The second-order valence-corrected chi connectivity index (χ2v) is 6.54. The lowest BCUT2D eigenvalue weighted by Gasteiger charge is -2.04. The SMILES string of the molecule is N#CC(=Cc1ccc(-c2c(Cl)cccc2Cl)o1)C(=O)Nc1ccc([N+](=O)[O-])cc1. The van der Waals surface area contributed by atoms with Crippen LogP contribution in [0, 0.1) is 21.4 Å². The lowest BCUT2D eigenvalue weighted by molar-refractivity contribution is -0.384. The first-order valence-electron chi connectivity index (χ1n) is 8.11. The molecular weight excluding hydrogens is 417 g/mol. The maximum atomic E-state index is 12.3. The predicted octanol–water partition coefficient (Wildman–Crippen LogP) is 5.71. The number of carbonyl (C=O) groups is 1. The fraction of sp³-hybridized carbons (Fsp3) is 0. The quantitative estimate of drug-likeness (QED) is 0.242. The number of rotatable bonds is 5. The Bertz CT molecular complexity index is 1140. The van der Waals surface area contributed by atoms with Gasteiger partial charge in [0.25, 0.3) is 11.6 Å². The van der Waals surface area contributed by atoms with Gasteiger partial charge in [0.1, 0.15) is 23.2 Å². The van der Waals surface area contributed by atoms with Gasteiger partial charge in [-0.25, -0.2) is 0 Å². The van der Waals surface area contributed by atoms with E-state index in [2.05, 4.69) is 5.32 Å². The van der Waals surface area contributed by atoms with Crippen LogP contribution in [0.3, 0.4) is 0 Å². The third-order valence-electron chi connectivity index (χ3n) is 3.82. The maximum absolute atomic E-state index is 12.3.